The molecule has 6 heteroatoms. The van der Waals surface area contributed by atoms with E-state index in [4.69, 9.17) is 9.15 Å². The average molecular weight is 400 g/mol. The second-order valence-corrected chi connectivity index (χ2v) is 8.27. The number of piperidine rings is 1. The van der Waals surface area contributed by atoms with Crippen LogP contribution in [-0.2, 0) is 21.5 Å². The maximum Gasteiger partial charge on any atom is 0.224 e. The predicted molar refractivity (Wildman–Crippen MR) is 108 cm³/mol. The third kappa shape index (κ3) is 4.87. The Labute approximate surface area is 171 Å². The highest BCUT2D eigenvalue weighted by Crippen LogP contribution is 2.35. The monoisotopic (exact) mass is 400 g/mol. The molecule has 1 aromatic heterocycles. The van der Waals surface area contributed by atoms with Gasteiger partial charge in [0.15, 0.2) is 0 Å². The van der Waals surface area contributed by atoms with E-state index < -0.39 is 0 Å². The molecule has 0 spiro atoms. The van der Waals surface area contributed by atoms with Crippen molar-refractivity contribution < 1.29 is 18.3 Å². The number of hydrogen-bond donors (Lipinski definition) is 1. The van der Waals surface area contributed by atoms with Crippen LogP contribution in [0.3, 0.4) is 0 Å². The number of hydrogen-bond acceptors (Lipinski definition) is 4. The minimum atomic E-state index is -0.265. The lowest BCUT2D eigenvalue weighted by molar-refractivity contribution is -0.127. The lowest BCUT2D eigenvalue weighted by atomic mass is 9.74. The van der Waals surface area contributed by atoms with Gasteiger partial charge < -0.3 is 14.5 Å². The zero-order valence-corrected chi connectivity index (χ0v) is 16.7. The molecule has 2 aliphatic heterocycles. The molecule has 4 rings (SSSR count). The fourth-order valence-corrected chi connectivity index (χ4v) is 4.58. The summed E-state index contributed by atoms with van der Waals surface area (Å²) in [4.78, 5) is 15.2. The maximum absolute atomic E-state index is 13.8. The molecular formula is C23H29FN2O3. The van der Waals surface area contributed by atoms with Gasteiger partial charge in [-0.2, -0.15) is 0 Å². The predicted octanol–water partition coefficient (Wildman–Crippen LogP) is 3.50. The zero-order valence-electron chi connectivity index (χ0n) is 16.7. The van der Waals surface area contributed by atoms with Gasteiger partial charge in [0.2, 0.25) is 5.91 Å². The van der Waals surface area contributed by atoms with Crippen LogP contribution in [0.15, 0.2) is 47.1 Å². The van der Waals surface area contributed by atoms with Gasteiger partial charge in [-0.15, -0.1) is 0 Å². The van der Waals surface area contributed by atoms with Crippen molar-refractivity contribution in [2.24, 2.45) is 5.92 Å². The van der Waals surface area contributed by atoms with Gasteiger partial charge in [0.1, 0.15) is 11.6 Å². The van der Waals surface area contributed by atoms with Crippen molar-refractivity contribution in [1.29, 1.82) is 0 Å². The largest absolute Gasteiger partial charge is 0.468 e. The molecule has 0 radical (unpaired) electrons. The fourth-order valence-electron chi connectivity index (χ4n) is 4.58. The highest BCUT2D eigenvalue weighted by molar-refractivity contribution is 5.79. The molecule has 2 fully saturated rings. The summed E-state index contributed by atoms with van der Waals surface area (Å²) in [5, 5.41) is 3.19. The van der Waals surface area contributed by atoms with Crippen molar-refractivity contribution in [2.45, 2.75) is 37.6 Å². The number of carbonyl (C=O) groups is 1. The minimum Gasteiger partial charge on any atom is -0.468 e. The molecule has 0 aliphatic carbocycles. The Kier molecular flexibility index (Phi) is 6.31. The number of likely N-dealkylation sites (tertiary alicyclic amines) is 1. The Morgan fingerprint density at radius 2 is 2.10 bits per heavy atom. The summed E-state index contributed by atoms with van der Waals surface area (Å²) in [7, 11) is 0. The molecular weight excluding hydrogens is 371 g/mol. The summed E-state index contributed by atoms with van der Waals surface area (Å²) >= 11 is 0. The number of nitrogens with one attached hydrogen (secondary N) is 1. The van der Waals surface area contributed by atoms with Crippen LogP contribution in [0.2, 0.25) is 0 Å². The van der Waals surface area contributed by atoms with Crippen molar-refractivity contribution in [3.8, 4) is 0 Å². The summed E-state index contributed by atoms with van der Waals surface area (Å²) in [5.74, 6) is 0.762. The molecule has 2 saturated heterocycles. The molecule has 3 heterocycles. The van der Waals surface area contributed by atoms with E-state index in [1.54, 1.807) is 18.4 Å². The van der Waals surface area contributed by atoms with Crippen molar-refractivity contribution in [3.05, 3.63) is 59.8 Å². The molecule has 0 unspecified atom stereocenters. The summed E-state index contributed by atoms with van der Waals surface area (Å²) < 4.78 is 24.8. The highest BCUT2D eigenvalue weighted by Gasteiger charge is 2.36. The van der Waals surface area contributed by atoms with Crippen molar-refractivity contribution in [2.75, 3.05) is 32.8 Å². The van der Waals surface area contributed by atoms with E-state index in [1.165, 1.54) is 6.07 Å². The smallest absolute Gasteiger partial charge is 0.224 e. The summed E-state index contributed by atoms with van der Waals surface area (Å²) in [6.07, 6.45) is 5.15. The maximum atomic E-state index is 13.8. The summed E-state index contributed by atoms with van der Waals surface area (Å²) in [6, 6.07) is 10.6. The van der Waals surface area contributed by atoms with E-state index in [9.17, 15) is 9.18 Å². The Bertz CT molecular complexity index is 802. The molecule has 1 amide bonds. The molecule has 156 valence electrons. The standard InChI is InChI=1S/C23H29FN2O3/c24-20-6-1-5-19(14-20)23(8-12-28-13-9-23)17-25-22(27)18-4-2-10-26(15-18)16-21-7-3-11-29-21/h1,3,5-7,11,14,18H,2,4,8-10,12-13,15-17H2,(H,25,27)/t18-/m0/s1. The molecule has 0 saturated carbocycles. The van der Waals surface area contributed by atoms with Gasteiger partial charge in [-0.3, -0.25) is 9.69 Å². The molecule has 1 N–H and O–H groups in total. The summed E-state index contributed by atoms with van der Waals surface area (Å²) in [6.45, 7) is 4.24. The van der Waals surface area contributed by atoms with E-state index in [1.807, 2.05) is 18.2 Å². The number of halogens is 1. The van der Waals surface area contributed by atoms with E-state index in [0.717, 1.165) is 56.6 Å². The number of carbonyl (C=O) groups excluding carboxylic acids is 1. The Hall–Kier alpha value is -2.18. The van der Waals surface area contributed by atoms with Gasteiger partial charge in [-0.25, -0.2) is 4.39 Å². The van der Waals surface area contributed by atoms with Crippen LogP contribution >= 0.6 is 0 Å². The Morgan fingerprint density at radius 3 is 2.86 bits per heavy atom. The minimum absolute atomic E-state index is 0.0249. The number of benzene rings is 1. The zero-order chi connectivity index (χ0) is 20.1. The molecule has 0 bridgehead atoms. The van der Waals surface area contributed by atoms with Gasteiger partial charge in [-0.05, 0) is 62.1 Å². The molecule has 2 aliphatic rings. The molecule has 1 aromatic carbocycles. The normalized spacial score (nSPS) is 22.3. The van der Waals surface area contributed by atoms with Crippen LogP contribution in [0, 0.1) is 11.7 Å². The van der Waals surface area contributed by atoms with Gasteiger partial charge in [0.05, 0.1) is 18.7 Å². The first-order valence-corrected chi connectivity index (χ1v) is 10.5. The first-order chi connectivity index (χ1) is 14.1. The number of rotatable bonds is 6. The third-order valence-corrected chi connectivity index (χ3v) is 6.32. The van der Waals surface area contributed by atoms with E-state index in [-0.39, 0.29) is 23.1 Å². The van der Waals surface area contributed by atoms with Crippen molar-refractivity contribution in [3.63, 3.8) is 0 Å². The number of ether oxygens (including phenoxy) is 1. The van der Waals surface area contributed by atoms with E-state index in [0.29, 0.717) is 19.8 Å². The van der Waals surface area contributed by atoms with Gasteiger partial charge >= 0.3 is 0 Å². The second-order valence-electron chi connectivity index (χ2n) is 8.27. The lowest BCUT2D eigenvalue weighted by Crippen LogP contribution is -2.48. The van der Waals surface area contributed by atoms with E-state index >= 15 is 0 Å². The van der Waals surface area contributed by atoms with Crippen LogP contribution in [0.4, 0.5) is 4.39 Å². The van der Waals surface area contributed by atoms with Crippen LogP contribution in [0.25, 0.3) is 0 Å². The van der Waals surface area contributed by atoms with Crippen molar-refractivity contribution >= 4 is 5.91 Å². The quantitative estimate of drug-likeness (QED) is 0.807. The third-order valence-electron chi connectivity index (χ3n) is 6.32. The van der Waals surface area contributed by atoms with Crippen LogP contribution in [-0.4, -0.2) is 43.7 Å². The topological polar surface area (TPSA) is 54.7 Å². The first-order valence-electron chi connectivity index (χ1n) is 10.5. The average Bonchev–Trinajstić information content (AvgIpc) is 3.26. The fraction of sp³-hybridized carbons (Fsp3) is 0.522. The second kappa shape index (κ2) is 9.09. The molecule has 29 heavy (non-hydrogen) atoms. The summed E-state index contributed by atoms with van der Waals surface area (Å²) in [5.41, 5.74) is 0.683. The molecule has 1 atom stereocenters. The van der Waals surface area contributed by atoms with Gasteiger partial charge in [0.25, 0.3) is 0 Å². The number of amides is 1. The molecule has 2 aromatic rings. The SMILES string of the molecule is O=C(NCC1(c2cccc(F)c2)CCOCC1)[C@H]1CCCN(Cc2ccco2)C1. The Morgan fingerprint density at radius 1 is 1.24 bits per heavy atom. The molecule has 5 nitrogen and oxygen atoms in total. The van der Waals surface area contributed by atoms with Gasteiger partial charge in [-0.1, -0.05) is 12.1 Å². The van der Waals surface area contributed by atoms with Crippen LogP contribution < -0.4 is 5.32 Å². The van der Waals surface area contributed by atoms with Crippen molar-refractivity contribution in [1.82, 2.24) is 10.2 Å². The van der Waals surface area contributed by atoms with E-state index in [2.05, 4.69) is 10.2 Å². The van der Waals surface area contributed by atoms with Gasteiger partial charge in [0, 0.05) is 31.7 Å². The number of nitrogens with zero attached hydrogens (tertiary/aromatic N) is 1. The first kappa shape index (κ1) is 20.1. The van der Waals surface area contributed by atoms with Crippen LogP contribution in [0.1, 0.15) is 37.0 Å². The van der Waals surface area contributed by atoms with Crippen LogP contribution in [0.5, 0.6) is 0 Å². The number of furan rings is 1. The Balaban J connectivity index is 1.39. The lowest BCUT2D eigenvalue weighted by Gasteiger charge is -2.39. The highest BCUT2D eigenvalue weighted by atomic mass is 19.1.